The van der Waals surface area contributed by atoms with E-state index in [0.717, 1.165) is 0 Å². The molecule has 0 bridgehead atoms. The summed E-state index contributed by atoms with van der Waals surface area (Å²) in [6.07, 6.45) is -2.16. The van der Waals surface area contributed by atoms with Gasteiger partial charge in [-0.15, -0.1) is 11.6 Å². The molecule has 68 valence electrons. The third kappa shape index (κ3) is 1.91. The van der Waals surface area contributed by atoms with Crippen LogP contribution in [0.4, 0.5) is 8.78 Å². The predicted octanol–water partition coefficient (Wildman–Crippen LogP) is 2.70. The van der Waals surface area contributed by atoms with Gasteiger partial charge in [0.25, 0.3) is 5.89 Å². The lowest BCUT2D eigenvalue weighted by atomic mass is 10.3. The van der Waals surface area contributed by atoms with Crippen LogP contribution in [0.3, 0.4) is 0 Å². The van der Waals surface area contributed by atoms with E-state index in [1.165, 1.54) is 0 Å². The molecule has 12 heavy (non-hydrogen) atoms. The van der Waals surface area contributed by atoms with Crippen molar-refractivity contribution in [2.75, 3.05) is 0 Å². The topological polar surface area (TPSA) is 38.9 Å². The Morgan fingerprint density at radius 2 is 2.25 bits per heavy atom. The van der Waals surface area contributed by atoms with Crippen LogP contribution in [0, 0.1) is 0 Å². The van der Waals surface area contributed by atoms with Gasteiger partial charge in [0, 0.05) is 0 Å². The van der Waals surface area contributed by atoms with Crippen molar-refractivity contribution >= 4 is 11.6 Å². The zero-order valence-electron chi connectivity index (χ0n) is 6.30. The molecule has 1 heterocycles. The largest absolute Gasteiger partial charge is 0.333 e. The molecular weight excluding hydrogens is 190 g/mol. The van der Waals surface area contributed by atoms with Crippen molar-refractivity contribution in [2.45, 2.75) is 25.1 Å². The Labute approximate surface area is 72.7 Å². The lowest BCUT2D eigenvalue weighted by molar-refractivity contribution is 0.106. The van der Waals surface area contributed by atoms with Crippen molar-refractivity contribution in [1.29, 1.82) is 0 Å². The Hall–Kier alpha value is -0.710. The molecule has 0 amide bonds. The fourth-order valence-corrected chi connectivity index (χ4v) is 0.734. The number of rotatable bonds is 3. The molecule has 1 rings (SSSR count). The maximum atomic E-state index is 11.9. The van der Waals surface area contributed by atoms with Crippen molar-refractivity contribution in [2.24, 2.45) is 0 Å². The second kappa shape index (κ2) is 3.80. The average Bonchev–Trinajstić information content (AvgIpc) is 2.51. The Kier molecular flexibility index (Phi) is 2.97. The summed E-state index contributed by atoms with van der Waals surface area (Å²) < 4.78 is 28.1. The SMILES string of the molecule is CCC(Cl)c1noc(C(F)F)n1. The van der Waals surface area contributed by atoms with E-state index in [1.54, 1.807) is 6.92 Å². The molecule has 0 aromatic carbocycles. The number of hydrogen-bond donors (Lipinski definition) is 0. The van der Waals surface area contributed by atoms with Crippen LogP contribution in [0.25, 0.3) is 0 Å². The first-order valence-electron chi connectivity index (χ1n) is 3.40. The molecule has 1 aromatic rings. The Bertz CT molecular complexity index is 253. The van der Waals surface area contributed by atoms with E-state index in [1.807, 2.05) is 0 Å². The lowest BCUT2D eigenvalue weighted by Gasteiger charge is -1.95. The highest BCUT2D eigenvalue weighted by molar-refractivity contribution is 6.20. The number of alkyl halides is 3. The molecule has 6 heteroatoms. The molecule has 1 aromatic heterocycles. The molecular formula is C6H7ClF2N2O. The zero-order valence-corrected chi connectivity index (χ0v) is 7.05. The fourth-order valence-electron chi connectivity index (χ4n) is 0.646. The van der Waals surface area contributed by atoms with E-state index in [4.69, 9.17) is 11.6 Å². The minimum absolute atomic E-state index is 0.120. The molecule has 0 N–H and O–H groups in total. The summed E-state index contributed by atoms with van der Waals surface area (Å²) in [6, 6.07) is 0. The maximum Gasteiger partial charge on any atom is 0.315 e. The average molecular weight is 197 g/mol. The van der Waals surface area contributed by atoms with Gasteiger partial charge in [-0.05, 0) is 6.42 Å². The van der Waals surface area contributed by atoms with Crippen LogP contribution < -0.4 is 0 Å². The number of halogens is 3. The van der Waals surface area contributed by atoms with Gasteiger partial charge in [-0.25, -0.2) is 0 Å². The summed E-state index contributed by atoms with van der Waals surface area (Å²) >= 11 is 5.68. The third-order valence-corrected chi connectivity index (χ3v) is 1.79. The standard InChI is InChI=1S/C6H7ClF2N2O/c1-2-3(7)5-10-6(4(8)9)12-11-5/h3-4H,2H2,1H3. The summed E-state index contributed by atoms with van der Waals surface area (Å²) in [6.45, 7) is 1.80. The smallest absolute Gasteiger partial charge is 0.315 e. The second-order valence-electron chi connectivity index (χ2n) is 2.17. The summed E-state index contributed by atoms with van der Waals surface area (Å²) in [4.78, 5) is 3.42. The van der Waals surface area contributed by atoms with Gasteiger partial charge in [0.2, 0.25) is 0 Å². The molecule has 0 aliphatic rings. The van der Waals surface area contributed by atoms with Gasteiger partial charge < -0.3 is 4.52 Å². The molecule has 0 fully saturated rings. The minimum Gasteiger partial charge on any atom is -0.333 e. The van der Waals surface area contributed by atoms with E-state index in [2.05, 4.69) is 14.7 Å². The van der Waals surface area contributed by atoms with E-state index < -0.39 is 17.7 Å². The van der Waals surface area contributed by atoms with Gasteiger partial charge in [0.1, 0.15) is 0 Å². The van der Waals surface area contributed by atoms with Gasteiger partial charge in [-0.2, -0.15) is 13.8 Å². The Morgan fingerprint density at radius 3 is 2.67 bits per heavy atom. The molecule has 0 spiro atoms. The summed E-state index contributed by atoms with van der Waals surface area (Å²) in [5, 5.41) is 2.85. The predicted molar refractivity (Wildman–Crippen MR) is 38.1 cm³/mol. The van der Waals surface area contributed by atoms with Crippen LogP contribution in [0.2, 0.25) is 0 Å². The first-order chi connectivity index (χ1) is 5.65. The number of hydrogen-bond acceptors (Lipinski definition) is 3. The quantitative estimate of drug-likeness (QED) is 0.698. The summed E-state index contributed by atoms with van der Waals surface area (Å²) in [7, 11) is 0. The summed E-state index contributed by atoms with van der Waals surface area (Å²) in [5.41, 5.74) is 0. The van der Waals surface area contributed by atoms with Crippen LogP contribution in [0.5, 0.6) is 0 Å². The maximum absolute atomic E-state index is 11.9. The first-order valence-corrected chi connectivity index (χ1v) is 3.84. The van der Waals surface area contributed by atoms with Crippen molar-refractivity contribution in [1.82, 2.24) is 10.1 Å². The monoisotopic (exact) mass is 196 g/mol. The lowest BCUT2D eigenvalue weighted by Crippen LogP contribution is -1.91. The Balaban J connectivity index is 2.77. The highest BCUT2D eigenvalue weighted by Crippen LogP contribution is 2.23. The molecule has 0 aliphatic carbocycles. The second-order valence-corrected chi connectivity index (χ2v) is 2.69. The molecule has 0 radical (unpaired) electrons. The van der Waals surface area contributed by atoms with E-state index >= 15 is 0 Å². The van der Waals surface area contributed by atoms with E-state index in [0.29, 0.717) is 6.42 Å². The van der Waals surface area contributed by atoms with E-state index in [9.17, 15) is 8.78 Å². The van der Waals surface area contributed by atoms with Crippen molar-refractivity contribution in [3.63, 3.8) is 0 Å². The molecule has 0 aliphatic heterocycles. The van der Waals surface area contributed by atoms with Crippen molar-refractivity contribution < 1.29 is 13.3 Å². The third-order valence-electron chi connectivity index (χ3n) is 1.28. The normalized spacial score (nSPS) is 13.8. The van der Waals surface area contributed by atoms with Gasteiger partial charge in [-0.3, -0.25) is 0 Å². The van der Waals surface area contributed by atoms with Gasteiger partial charge in [0.05, 0.1) is 5.38 Å². The number of aromatic nitrogens is 2. The highest BCUT2D eigenvalue weighted by Gasteiger charge is 2.19. The minimum atomic E-state index is -2.73. The highest BCUT2D eigenvalue weighted by atomic mass is 35.5. The molecule has 3 nitrogen and oxygen atoms in total. The van der Waals surface area contributed by atoms with Crippen molar-refractivity contribution in [3.8, 4) is 0 Å². The number of nitrogens with zero attached hydrogens (tertiary/aromatic N) is 2. The zero-order chi connectivity index (χ0) is 9.14. The van der Waals surface area contributed by atoms with Gasteiger partial charge in [-0.1, -0.05) is 12.1 Å². The van der Waals surface area contributed by atoms with Gasteiger partial charge >= 0.3 is 6.43 Å². The molecule has 0 saturated heterocycles. The van der Waals surface area contributed by atoms with Crippen LogP contribution in [-0.2, 0) is 0 Å². The van der Waals surface area contributed by atoms with E-state index in [-0.39, 0.29) is 5.82 Å². The van der Waals surface area contributed by atoms with Crippen LogP contribution in [0.15, 0.2) is 4.52 Å². The molecule has 1 unspecified atom stereocenters. The molecule has 0 saturated carbocycles. The van der Waals surface area contributed by atoms with Crippen LogP contribution >= 0.6 is 11.6 Å². The summed E-state index contributed by atoms with van der Waals surface area (Å²) in [5.74, 6) is -0.557. The Morgan fingerprint density at radius 1 is 1.58 bits per heavy atom. The first kappa shape index (κ1) is 9.38. The van der Waals surface area contributed by atoms with Gasteiger partial charge in [0.15, 0.2) is 5.82 Å². The molecule has 1 atom stereocenters. The fraction of sp³-hybridized carbons (Fsp3) is 0.667. The van der Waals surface area contributed by atoms with Crippen LogP contribution in [-0.4, -0.2) is 10.1 Å². The van der Waals surface area contributed by atoms with Crippen LogP contribution in [0.1, 0.15) is 36.9 Å². The van der Waals surface area contributed by atoms with Crippen molar-refractivity contribution in [3.05, 3.63) is 11.7 Å².